The van der Waals surface area contributed by atoms with E-state index in [-0.39, 0.29) is 0 Å². The Bertz CT molecular complexity index is 147. The zero-order valence-corrected chi connectivity index (χ0v) is 9.88. The summed E-state index contributed by atoms with van der Waals surface area (Å²) >= 11 is 0. The highest BCUT2D eigenvalue weighted by molar-refractivity contribution is 4.82. The van der Waals surface area contributed by atoms with Crippen molar-refractivity contribution >= 4 is 0 Å². The second-order valence-corrected chi connectivity index (χ2v) is 4.75. The molecule has 2 nitrogen and oxygen atoms in total. The minimum absolute atomic E-state index is 0.735. The molecule has 84 valence electrons. The van der Waals surface area contributed by atoms with E-state index in [9.17, 15) is 0 Å². The topological polar surface area (TPSA) is 21.3 Å². The molecule has 1 aliphatic rings. The van der Waals surface area contributed by atoms with Crippen molar-refractivity contribution in [2.45, 2.75) is 45.6 Å². The molecule has 0 bridgehead atoms. The van der Waals surface area contributed by atoms with Gasteiger partial charge >= 0.3 is 0 Å². The smallest absolute Gasteiger partial charge is 0.0587 e. The maximum absolute atomic E-state index is 5.07. The van der Waals surface area contributed by atoms with E-state index >= 15 is 0 Å². The van der Waals surface area contributed by atoms with Crippen LogP contribution in [0.5, 0.6) is 0 Å². The summed E-state index contributed by atoms with van der Waals surface area (Å²) in [5, 5.41) is 3.63. The normalized spacial score (nSPS) is 28.3. The van der Waals surface area contributed by atoms with Crippen molar-refractivity contribution in [3.63, 3.8) is 0 Å². The molecule has 0 aromatic carbocycles. The van der Waals surface area contributed by atoms with Crippen molar-refractivity contribution in [2.24, 2.45) is 11.8 Å². The van der Waals surface area contributed by atoms with E-state index in [1.165, 1.54) is 25.7 Å². The van der Waals surface area contributed by atoms with Crippen LogP contribution in [-0.2, 0) is 4.74 Å². The van der Waals surface area contributed by atoms with Gasteiger partial charge in [0.15, 0.2) is 0 Å². The molecule has 0 radical (unpaired) electrons. The van der Waals surface area contributed by atoms with Crippen LogP contribution in [0.4, 0.5) is 0 Å². The molecule has 2 unspecified atom stereocenters. The number of hydrogen-bond donors (Lipinski definition) is 1. The summed E-state index contributed by atoms with van der Waals surface area (Å²) in [6.45, 7) is 6.54. The molecule has 2 atom stereocenters. The van der Waals surface area contributed by atoms with E-state index in [2.05, 4.69) is 19.2 Å². The van der Waals surface area contributed by atoms with Gasteiger partial charge in [0.1, 0.15) is 0 Å². The maximum Gasteiger partial charge on any atom is 0.0587 e. The lowest BCUT2D eigenvalue weighted by Crippen LogP contribution is -2.42. The van der Waals surface area contributed by atoms with Gasteiger partial charge in [-0.15, -0.1) is 0 Å². The van der Waals surface area contributed by atoms with Crippen molar-refractivity contribution in [1.29, 1.82) is 0 Å². The highest BCUT2D eigenvalue weighted by atomic mass is 16.5. The van der Waals surface area contributed by atoms with Crippen molar-refractivity contribution < 1.29 is 4.74 Å². The Morgan fingerprint density at radius 3 is 2.64 bits per heavy atom. The Balaban J connectivity index is 2.30. The third-order valence-electron chi connectivity index (χ3n) is 3.39. The minimum atomic E-state index is 0.735. The quantitative estimate of drug-likeness (QED) is 0.687. The summed E-state index contributed by atoms with van der Waals surface area (Å²) in [6, 6.07) is 0.735. The molecule has 0 aromatic rings. The van der Waals surface area contributed by atoms with E-state index in [4.69, 9.17) is 4.74 Å². The molecule has 2 heteroatoms. The minimum Gasteiger partial charge on any atom is -0.383 e. The highest BCUT2D eigenvalue weighted by Crippen LogP contribution is 2.29. The first-order valence-electron chi connectivity index (χ1n) is 5.98. The average molecular weight is 199 g/mol. The second kappa shape index (κ2) is 6.41. The first kappa shape index (κ1) is 12.0. The van der Waals surface area contributed by atoms with Gasteiger partial charge in [-0.3, -0.25) is 0 Å². The Morgan fingerprint density at radius 1 is 1.29 bits per heavy atom. The number of methoxy groups -OCH3 is 1. The molecule has 0 heterocycles. The first-order valence-corrected chi connectivity index (χ1v) is 5.98. The van der Waals surface area contributed by atoms with Crippen LogP contribution in [-0.4, -0.2) is 26.3 Å². The van der Waals surface area contributed by atoms with Gasteiger partial charge in [0.2, 0.25) is 0 Å². The summed E-state index contributed by atoms with van der Waals surface area (Å²) in [5.41, 5.74) is 0. The van der Waals surface area contributed by atoms with Crippen LogP contribution in [0.1, 0.15) is 39.5 Å². The van der Waals surface area contributed by atoms with Gasteiger partial charge in [0.05, 0.1) is 6.61 Å². The Labute approximate surface area is 88.4 Å². The summed E-state index contributed by atoms with van der Waals surface area (Å²) in [5.74, 6) is 1.69. The summed E-state index contributed by atoms with van der Waals surface area (Å²) < 4.78 is 5.07. The SMILES string of the molecule is COCCNC1CCCCC1C(C)C. The average Bonchev–Trinajstić information content (AvgIpc) is 2.19. The molecule has 0 spiro atoms. The molecule has 14 heavy (non-hydrogen) atoms. The predicted molar refractivity (Wildman–Crippen MR) is 60.5 cm³/mol. The lowest BCUT2D eigenvalue weighted by Gasteiger charge is -2.35. The highest BCUT2D eigenvalue weighted by Gasteiger charge is 2.26. The van der Waals surface area contributed by atoms with E-state index < -0.39 is 0 Å². The number of ether oxygens (including phenoxy) is 1. The van der Waals surface area contributed by atoms with Crippen molar-refractivity contribution in [1.82, 2.24) is 5.32 Å². The summed E-state index contributed by atoms with van der Waals surface area (Å²) in [7, 11) is 1.77. The van der Waals surface area contributed by atoms with Gasteiger partial charge < -0.3 is 10.1 Å². The van der Waals surface area contributed by atoms with E-state index in [0.717, 1.165) is 31.0 Å². The zero-order valence-electron chi connectivity index (χ0n) is 9.88. The fourth-order valence-electron chi connectivity index (χ4n) is 2.56. The molecule has 1 fully saturated rings. The lowest BCUT2D eigenvalue weighted by molar-refractivity contribution is 0.166. The van der Waals surface area contributed by atoms with Crippen LogP contribution in [0.3, 0.4) is 0 Å². The largest absolute Gasteiger partial charge is 0.383 e. The maximum atomic E-state index is 5.07. The van der Waals surface area contributed by atoms with Crippen LogP contribution in [0.25, 0.3) is 0 Å². The van der Waals surface area contributed by atoms with Crippen LogP contribution in [0, 0.1) is 11.8 Å². The molecular formula is C12H25NO. The zero-order chi connectivity index (χ0) is 10.4. The van der Waals surface area contributed by atoms with E-state index in [1.54, 1.807) is 7.11 Å². The third kappa shape index (κ3) is 3.58. The first-order chi connectivity index (χ1) is 6.75. The fraction of sp³-hybridized carbons (Fsp3) is 1.00. The van der Waals surface area contributed by atoms with Gasteiger partial charge in [0.25, 0.3) is 0 Å². The van der Waals surface area contributed by atoms with Gasteiger partial charge in [0, 0.05) is 19.7 Å². The second-order valence-electron chi connectivity index (χ2n) is 4.75. The Kier molecular flexibility index (Phi) is 5.49. The molecule has 0 amide bonds. The van der Waals surface area contributed by atoms with Crippen molar-refractivity contribution in [3.05, 3.63) is 0 Å². The molecule has 0 saturated heterocycles. The van der Waals surface area contributed by atoms with Gasteiger partial charge in [-0.25, -0.2) is 0 Å². The van der Waals surface area contributed by atoms with Gasteiger partial charge in [-0.2, -0.15) is 0 Å². The van der Waals surface area contributed by atoms with Crippen LogP contribution < -0.4 is 5.32 Å². The van der Waals surface area contributed by atoms with E-state index in [0.29, 0.717) is 0 Å². The van der Waals surface area contributed by atoms with Gasteiger partial charge in [-0.05, 0) is 24.7 Å². The van der Waals surface area contributed by atoms with E-state index in [1.807, 2.05) is 0 Å². The van der Waals surface area contributed by atoms with Crippen LogP contribution >= 0.6 is 0 Å². The molecule has 1 N–H and O–H groups in total. The molecule has 0 aromatic heterocycles. The predicted octanol–water partition coefficient (Wildman–Crippen LogP) is 2.44. The van der Waals surface area contributed by atoms with Crippen molar-refractivity contribution in [3.8, 4) is 0 Å². The van der Waals surface area contributed by atoms with Crippen LogP contribution in [0.15, 0.2) is 0 Å². The fourth-order valence-corrected chi connectivity index (χ4v) is 2.56. The molecular weight excluding hydrogens is 174 g/mol. The van der Waals surface area contributed by atoms with Gasteiger partial charge in [-0.1, -0.05) is 26.7 Å². The lowest BCUT2D eigenvalue weighted by atomic mass is 9.78. The third-order valence-corrected chi connectivity index (χ3v) is 3.39. The molecule has 1 saturated carbocycles. The summed E-state index contributed by atoms with van der Waals surface area (Å²) in [6.07, 6.45) is 5.58. The molecule has 1 aliphatic carbocycles. The number of rotatable bonds is 5. The number of nitrogens with one attached hydrogen (secondary N) is 1. The molecule has 0 aliphatic heterocycles. The standard InChI is InChI=1S/C12H25NO/c1-10(2)11-6-4-5-7-12(11)13-8-9-14-3/h10-13H,4-9H2,1-3H3. The number of hydrogen-bond acceptors (Lipinski definition) is 2. The summed E-state index contributed by atoms with van der Waals surface area (Å²) in [4.78, 5) is 0. The Morgan fingerprint density at radius 2 is 2.00 bits per heavy atom. The molecule has 1 rings (SSSR count). The monoisotopic (exact) mass is 199 g/mol. The Hall–Kier alpha value is -0.0800. The van der Waals surface area contributed by atoms with Crippen LogP contribution in [0.2, 0.25) is 0 Å². The van der Waals surface area contributed by atoms with Crippen molar-refractivity contribution in [2.75, 3.05) is 20.3 Å².